The normalized spacial score (nSPS) is 11.2. The highest BCUT2D eigenvalue weighted by atomic mass is 32.2. The summed E-state index contributed by atoms with van der Waals surface area (Å²) in [6.07, 6.45) is 1.34. The first-order valence-electron chi connectivity index (χ1n) is 5.24. The van der Waals surface area contributed by atoms with Crippen molar-refractivity contribution in [3.05, 3.63) is 42.1 Å². The van der Waals surface area contributed by atoms with Crippen molar-refractivity contribution in [2.45, 2.75) is 5.03 Å². The standard InChI is InChI=1S/C11H11N3O4S/c1-14(19(17,18)10-6-7-12-13-10)9-4-2-8(3-5-9)11(15)16/h2-7H,1H3,(H,12,13)(H,15,16). The summed E-state index contributed by atoms with van der Waals surface area (Å²) in [6, 6.07) is 6.89. The number of anilines is 1. The highest BCUT2D eigenvalue weighted by Gasteiger charge is 2.22. The lowest BCUT2D eigenvalue weighted by atomic mass is 10.2. The maximum Gasteiger partial charge on any atom is 0.335 e. The molecule has 2 rings (SSSR count). The molecule has 0 fully saturated rings. The number of aromatic carboxylic acids is 1. The lowest BCUT2D eigenvalue weighted by molar-refractivity contribution is 0.0697. The number of rotatable bonds is 4. The molecule has 0 spiro atoms. The van der Waals surface area contributed by atoms with Crippen molar-refractivity contribution in [1.29, 1.82) is 0 Å². The number of aromatic nitrogens is 2. The van der Waals surface area contributed by atoms with Gasteiger partial charge < -0.3 is 5.11 Å². The van der Waals surface area contributed by atoms with E-state index in [0.29, 0.717) is 5.69 Å². The molecule has 0 aliphatic carbocycles. The molecular weight excluding hydrogens is 270 g/mol. The quantitative estimate of drug-likeness (QED) is 0.867. The van der Waals surface area contributed by atoms with Gasteiger partial charge in [0.05, 0.1) is 17.4 Å². The molecule has 0 saturated heterocycles. The molecule has 2 aromatic rings. The maximum atomic E-state index is 12.2. The Morgan fingerprint density at radius 3 is 2.37 bits per heavy atom. The third kappa shape index (κ3) is 2.43. The zero-order valence-electron chi connectivity index (χ0n) is 9.94. The third-order valence-corrected chi connectivity index (χ3v) is 4.31. The van der Waals surface area contributed by atoms with Crippen molar-refractivity contribution in [3.63, 3.8) is 0 Å². The van der Waals surface area contributed by atoms with E-state index in [2.05, 4.69) is 10.2 Å². The first-order valence-corrected chi connectivity index (χ1v) is 6.68. The van der Waals surface area contributed by atoms with E-state index in [4.69, 9.17) is 5.11 Å². The molecule has 2 N–H and O–H groups in total. The number of H-pyrrole nitrogens is 1. The van der Waals surface area contributed by atoms with Gasteiger partial charge in [0.25, 0.3) is 10.0 Å². The average Bonchev–Trinajstić information content (AvgIpc) is 2.92. The van der Waals surface area contributed by atoms with Crippen LogP contribution in [0.15, 0.2) is 41.6 Å². The third-order valence-electron chi connectivity index (χ3n) is 2.59. The van der Waals surface area contributed by atoms with E-state index in [1.807, 2.05) is 0 Å². The van der Waals surface area contributed by atoms with E-state index in [-0.39, 0.29) is 10.6 Å². The minimum absolute atomic E-state index is 0.0303. The van der Waals surface area contributed by atoms with Gasteiger partial charge in [-0.15, -0.1) is 0 Å². The van der Waals surface area contributed by atoms with Crippen molar-refractivity contribution in [2.75, 3.05) is 11.4 Å². The Kier molecular flexibility index (Phi) is 3.26. The molecule has 8 heteroatoms. The highest BCUT2D eigenvalue weighted by Crippen LogP contribution is 2.20. The van der Waals surface area contributed by atoms with Crippen LogP contribution < -0.4 is 4.31 Å². The smallest absolute Gasteiger partial charge is 0.335 e. The van der Waals surface area contributed by atoms with Gasteiger partial charge in [-0.25, -0.2) is 4.79 Å². The predicted octanol–water partition coefficient (Wildman–Crippen LogP) is 0.933. The fraction of sp³-hybridized carbons (Fsp3) is 0.0909. The van der Waals surface area contributed by atoms with Crippen LogP contribution in [0.3, 0.4) is 0 Å². The van der Waals surface area contributed by atoms with Gasteiger partial charge in [-0.05, 0) is 30.3 Å². The Hall–Kier alpha value is -2.35. The molecule has 0 aliphatic heterocycles. The maximum absolute atomic E-state index is 12.2. The zero-order chi connectivity index (χ0) is 14.0. The second kappa shape index (κ2) is 4.73. The summed E-state index contributed by atoms with van der Waals surface area (Å²) < 4.78 is 25.3. The molecule has 1 aromatic carbocycles. The number of hydrogen-bond acceptors (Lipinski definition) is 4. The van der Waals surface area contributed by atoms with E-state index >= 15 is 0 Å². The molecule has 0 unspecified atom stereocenters. The Morgan fingerprint density at radius 2 is 1.89 bits per heavy atom. The van der Waals surface area contributed by atoms with Crippen molar-refractivity contribution in [1.82, 2.24) is 10.2 Å². The molecule has 0 radical (unpaired) electrons. The number of aromatic amines is 1. The minimum Gasteiger partial charge on any atom is -0.478 e. The van der Waals surface area contributed by atoms with Gasteiger partial charge in [-0.1, -0.05) is 0 Å². The summed E-state index contributed by atoms with van der Waals surface area (Å²) in [6.45, 7) is 0. The number of nitrogens with one attached hydrogen (secondary N) is 1. The highest BCUT2D eigenvalue weighted by molar-refractivity contribution is 7.92. The van der Waals surface area contributed by atoms with Crippen LogP contribution in [0, 0.1) is 0 Å². The van der Waals surface area contributed by atoms with Gasteiger partial charge in [0, 0.05) is 7.05 Å². The number of carboxylic acids is 1. The van der Waals surface area contributed by atoms with Crippen LogP contribution in [-0.2, 0) is 10.0 Å². The monoisotopic (exact) mass is 281 g/mol. The molecule has 19 heavy (non-hydrogen) atoms. The molecule has 100 valence electrons. The topological polar surface area (TPSA) is 103 Å². The number of hydrogen-bond donors (Lipinski definition) is 2. The van der Waals surface area contributed by atoms with Crippen LogP contribution in [0.1, 0.15) is 10.4 Å². The molecule has 0 atom stereocenters. The second-order valence-electron chi connectivity index (χ2n) is 3.75. The SMILES string of the molecule is CN(c1ccc(C(=O)O)cc1)S(=O)(=O)c1ccn[nH]1. The zero-order valence-corrected chi connectivity index (χ0v) is 10.8. The van der Waals surface area contributed by atoms with Crippen molar-refractivity contribution < 1.29 is 18.3 Å². The molecule has 0 bridgehead atoms. The second-order valence-corrected chi connectivity index (χ2v) is 5.68. The summed E-state index contributed by atoms with van der Waals surface area (Å²) in [4.78, 5) is 10.7. The predicted molar refractivity (Wildman–Crippen MR) is 67.6 cm³/mol. The molecule has 1 aromatic heterocycles. The Morgan fingerprint density at radius 1 is 1.26 bits per heavy atom. The van der Waals surface area contributed by atoms with E-state index in [1.165, 1.54) is 43.6 Å². The van der Waals surface area contributed by atoms with Crippen LogP contribution in [0.25, 0.3) is 0 Å². The Bertz CT molecular complexity index is 677. The summed E-state index contributed by atoms with van der Waals surface area (Å²) in [5.41, 5.74) is 0.454. The average molecular weight is 281 g/mol. The molecule has 0 amide bonds. The van der Waals surface area contributed by atoms with Gasteiger partial charge in [-0.2, -0.15) is 13.5 Å². The van der Waals surface area contributed by atoms with Gasteiger partial charge in [0.1, 0.15) is 0 Å². The van der Waals surface area contributed by atoms with Gasteiger partial charge >= 0.3 is 5.97 Å². The minimum atomic E-state index is -3.71. The first-order chi connectivity index (χ1) is 8.93. The summed E-state index contributed by atoms with van der Waals surface area (Å²) >= 11 is 0. The lowest BCUT2D eigenvalue weighted by Gasteiger charge is -2.18. The molecule has 1 heterocycles. The molecule has 0 aliphatic rings. The van der Waals surface area contributed by atoms with Gasteiger partial charge in [0.2, 0.25) is 0 Å². The Labute approximate surface area is 109 Å². The summed E-state index contributed by atoms with van der Waals surface area (Å²) in [5.74, 6) is -1.06. The van der Waals surface area contributed by atoms with Crippen LogP contribution in [0.5, 0.6) is 0 Å². The Balaban J connectivity index is 2.34. The summed E-state index contributed by atoms with van der Waals surface area (Å²) in [5, 5.41) is 14.7. The fourth-order valence-corrected chi connectivity index (χ4v) is 2.58. The van der Waals surface area contributed by atoms with Gasteiger partial charge in [-0.3, -0.25) is 9.40 Å². The van der Waals surface area contributed by atoms with Crippen LogP contribution in [-0.4, -0.2) is 36.7 Å². The fourth-order valence-electron chi connectivity index (χ4n) is 1.49. The molecular formula is C11H11N3O4S. The number of sulfonamides is 1. The van der Waals surface area contributed by atoms with Crippen LogP contribution >= 0.6 is 0 Å². The van der Waals surface area contributed by atoms with Gasteiger partial charge in [0.15, 0.2) is 5.03 Å². The van der Waals surface area contributed by atoms with E-state index in [1.54, 1.807) is 0 Å². The number of benzene rings is 1. The molecule has 0 saturated carbocycles. The summed E-state index contributed by atoms with van der Waals surface area (Å²) in [7, 11) is -2.33. The van der Waals surface area contributed by atoms with Crippen molar-refractivity contribution in [2.24, 2.45) is 0 Å². The van der Waals surface area contributed by atoms with Crippen LogP contribution in [0.2, 0.25) is 0 Å². The molecule has 7 nitrogen and oxygen atoms in total. The first kappa shape index (κ1) is 13.1. The van der Waals surface area contributed by atoms with Crippen molar-refractivity contribution >= 4 is 21.7 Å². The number of carboxylic acid groups (broad SMARTS) is 1. The van der Waals surface area contributed by atoms with E-state index in [0.717, 1.165) is 4.31 Å². The van der Waals surface area contributed by atoms with E-state index in [9.17, 15) is 13.2 Å². The van der Waals surface area contributed by atoms with Crippen LogP contribution in [0.4, 0.5) is 5.69 Å². The van der Waals surface area contributed by atoms with E-state index < -0.39 is 16.0 Å². The number of nitrogens with zero attached hydrogens (tertiary/aromatic N) is 2. The lowest BCUT2D eigenvalue weighted by Crippen LogP contribution is -2.26. The largest absolute Gasteiger partial charge is 0.478 e. The van der Waals surface area contributed by atoms with Crippen molar-refractivity contribution in [3.8, 4) is 0 Å². The number of carbonyl (C=O) groups is 1.